The SMILES string of the molecule is CCP(O)c1ccccc1C(=O)c1ccc(C)c(C)c1C. The van der Waals surface area contributed by atoms with Gasteiger partial charge in [0.15, 0.2) is 5.78 Å². The number of hydrogen-bond donors (Lipinski definition) is 1. The van der Waals surface area contributed by atoms with E-state index in [1.54, 1.807) is 0 Å². The van der Waals surface area contributed by atoms with Gasteiger partial charge in [-0.15, -0.1) is 0 Å². The predicted octanol–water partition coefficient (Wildman–Crippen LogP) is 3.88. The topological polar surface area (TPSA) is 37.3 Å². The van der Waals surface area contributed by atoms with E-state index < -0.39 is 8.15 Å². The zero-order valence-corrected chi connectivity index (χ0v) is 13.9. The van der Waals surface area contributed by atoms with Gasteiger partial charge >= 0.3 is 0 Å². The molecule has 0 fully saturated rings. The lowest BCUT2D eigenvalue weighted by molar-refractivity contribution is 0.103. The maximum absolute atomic E-state index is 12.9. The molecule has 2 aromatic carbocycles. The van der Waals surface area contributed by atoms with Gasteiger partial charge in [-0.05, 0) is 43.6 Å². The summed E-state index contributed by atoms with van der Waals surface area (Å²) in [5.41, 5.74) is 4.72. The highest BCUT2D eigenvalue weighted by Crippen LogP contribution is 2.30. The molecule has 0 bridgehead atoms. The van der Waals surface area contributed by atoms with Crippen LogP contribution in [0.2, 0.25) is 0 Å². The molecule has 1 atom stereocenters. The van der Waals surface area contributed by atoms with E-state index in [-0.39, 0.29) is 5.78 Å². The molecule has 2 aromatic rings. The average molecular weight is 300 g/mol. The number of ketones is 1. The molecule has 1 unspecified atom stereocenters. The van der Waals surface area contributed by atoms with Gasteiger partial charge in [-0.25, -0.2) is 0 Å². The lowest BCUT2D eigenvalue weighted by Crippen LogP contribution is -2.16. The molecule has 0 heterocycles. The van der Waals surface area contributed by atoms with Gasteiger partial charge in [0.05, 0.1) is 8.15 Å². The Labute approximate surface area is 127 Å². The summed E-state index contributed by atoms with van der Waals surface area (Å²) in [5, 5.41) is 0.776. The van der Waals surface area contributed by atoms with Gasteiger partial charge in [-0.3, -0.25) is 4.79 Å². The van der Waals surface area contributed by atoms with Crippen molar-refractivity contribution in [2.45, 2.75) is 27.7 Å². The normalized spacial score (nSPS) is 12.2. The van der Waals surface area contributed by atoms with Gasteiger partial charge in [0.2, 0.25) is 0 Å². The quantitative estimate of drug-likeness (QED) is 0.687. The number of benzene rings is 2. The molecule has 0 aliphatic rings. The third kappa shape index (κ3) is 3.07. The van der Waals surface area contributed by atoms with E-state index in [9.17, 15) is 9.69 Å². The standard InChI is InChI=1S/C18H21O2P/c1-5-21(20)17-9-7-6-8-16(17)18(19)15-11-10-12(2)13(3)14(15)4/h6-11,20H,5H2,1-4H3. The molecule has 2 nitrogen and oxygen atoms in total. The van der Waals surface area contributed by atoms with Gasteiger partial charge in [-0.2, -0.15) is 0 Å². The summed E-state index contributed by atoms with van der Waals surface area (Å²) in [4.78, 5) is 23.1. The molecule has 3 heteroatoms. The van der Waals surface area contributed by atoms with Crippen molar-refractivity contribution in [2.24, 2.45) is 0 Å². The van der Waals surface area contributed by atoms with Crippen molar-refractivity contribution < 1.29 is 9.69 Å². The van der Waals surface area contributed by atoms with Crippen LogP contribution in [0.1, 0.15) is 39.5 Å². The number of carbonyl (C=O) groups excluding carboxylic acids is 1. The van der Waals surface area contributed by atoms with Crippen LogP contribution in [0.25, 0.3) is 0 Å². The van der Waals surface area contributed by atoms with Crippen LogP contribution < -0.4 is 5.30 Å². The molecular formula is C18H21O2P. The minimum absolute atomic E-state index is 0.00111. The molecule has 2 rings (SSSR count). The molecule has 0 aliphatic heterocycles. The van der Waals surface area contributed by atoms with E-state index in [2.05, 4.69) is 6.92 Å². The smallest absolute Gasteiger partial charge is 0.194 e. The molecule has 110 valence electrons. The van der Waals surface area contributed by atoms with Crippen LogP contribution in [0, 0.1) is 20.8 Å². The summed E-state index contributed by atoms with van der Waals surface area (Å²) >= 11 is 0. The highest BCUT2D eigenvalue weighted by molar-refractivity contribution is 7.60. The molecular weight excluding hydrogens is 279 g/mol. The minimum Gasteiger partial charge on any atom is -0.369 e. The summed E-state index contributed by atoms with van der Waals surface area (Å²) in [6, 6.07) is 11.3. The fourth-order valence-electron chi connectivity index (χ4n) is 2.41. The van der Waals surface area contributed by atoms with E-state index in [1.807, 2.05) is 57.2 Å². The van der Waals surface area contributed by atoms with E-state index in [0.29, 0.717) is 11.7 Å². The van der Waals surface area contributed by atoms with Crippen molar-refractivity contribution in [1.82, 2.24) is 0 Å². The lowest BCUT2D eigenvalue weighted by Gasteiger charge is -2.15. The summed E-state index contributed by atoms with van der Waals surface area (Å²) < 4.78 is 0. The maximum atomic E-state index is 12.9. The van der Waals surface area contributed by atoms with E-state index in [1.165, 1.54) is 5.56 Å². The summed E-state index contributed by atoms with van der Waals surface area (Å²) in [7, 11) is -1.26. The Morgan fingerprint density at radius 1 is 1.00 bits per heavy atom. The van der Waals surface area contributed by atoms with Crippen molar-refractivity contribution in [3.8, 4) is 0 Å². The first kappa shape index (κ1) is 15.9. The van der Waals surface area contributed by atoms with Gasteiger partial charge in [-0.1, -0.05) is 43.3 Å². The Kier molecular flexibility index (Phi) is 4.92. The minimum atomic E-state index is -1.26. The van der Waals surface area contributed by atoms with E-state index in [0.717, 1.165) is 22.0 Å². The van der Waals surface area contributed by atoms with Crippen LogP contribution in [0.5, 0.6) is 0 Å². The predicted molar refractivity (Wildman–Crippen MR) is 89.8 cm³/mol. The zero-order valence-electron chi connectivity index (χ0n) is 13.0. The van der Waals surface area contributed by atoms with Crippen LogP contribution in [0.15, 0.2) is 36.4 Å². The second-order valence-corrected chi connectivity index (χ2v) is 7.16. The van der Waals surface area contributed by atoms with Crippen molar-refractivity contribution >= 4 is 19.2 Å². The van der Waals surface area contributed by atoms with Crippen molar-refractivity contribution in [2.75, 3.05) is 6.16 Å². The Bertz CT molecular complexity index is 677. The Balaban J connectivity index is 2.54. The molecule has 0 aromatic heterocycles. The molecule has 1 N–H and O–H groups in total. The molecule has 0 radical (unpaired) electrons. The Morgan fingerprint density at radius 3 is 2.33 bits per heavy atom. The van der Waals surface area contributed by atoms with E-state index >= 15 is 0 Å². The van der Waals surface area contributed by atoms with Gasteiger partial charge in [0.25, 0.3) is 0 Å². The van der Waals surface area contributed by atoms with Gasteiger partial charge < -0.3 is 4.89 Å². The number of rotatable bonds is 4. The second-order valence-electron chi connectivity index (χ2n) is 5.24. The summed E-state index contributed by atoms with van der Waals surface area (Å²) in [5.74, 6) is 0.00111. The van der Waals surface area contributed by atoms with Crippen LogP contribution in [0.4, 0.5) is 0 Å². The maximum Gasteiger partial charge on any atom is 0.194 e. The third-order valence-corrected chi connectivity index (χ3v) is 5.57. The lowest BCUT2D eigenvalue weighted by atomic mass is 9.93. The van der Waals surface area contributed by atoms with Gasteiger partial charge in [0.1, 0.15) is 0 Å². The van der Waals surface area contributed by atoms with Crippen LogP contribution in [0.3, 0.4) is 0 Å². The molecule has 0 aliphatic carbocycles. The Hall–Kier alpha value is -1.50. The van der Waals surface area contributed by atoms with E-state index in [4.69, 9.17) is 0 Å². The fourth-order valence-corrected chi connectivity index (χ4v) is 3.46. The highest BCUT2D eigenvalue weighted by atomic mass is 31.1. The van der Waals surface area contributed by atoms with Crippen molar-refractivity contribution in [3.05, 3.63) is 64.2 Å². The molecule has 21 heavy (non-hydrogen) atoms. The third-order valence-electron chi connectivity index (χ3n) is 4.03. The first-order valence-electron chi connectivity index (χ1n) is 7.14. The van der Waals surface area contributed by atoms with Crippen LogP contribution in [-0.4, -0.2) is 16.8 Å². The van der Waals surface area contributed by atoms with Crippen LogP contribution in [-0.2, 0) is 0 Å². The first-order valence-corrected chi connectivity index (χ1v) is 8.62. The fraction of sp³-hybridized carbons (Fsp3) is 0.278. The largest absolute Gasteiger partial charge is 0.369 e. The zero-order chi connectivity index (χ0) is 15.6. The van der Waals surface area contributed by atoms with Gasteiger partial charge in [0, 0.05) is 16.4 Å². The van der Waals surface area contributed by atoms with Crippen LogP contribution >= 0.6 is 8.15 Å². The monoisotopic (exact) mass is 300 g/mol. The number of aryl methyl sites for hydroxylation is 1. The molecule has 0 spiro atoms. The molecule has 0 saturated carbocycles. The second kappa shape index (κ2) is 6.51. The average Bonchev–Trinajstić information content (AvgIpc) is 2.51. The van der Waals surface area contributed by atoms with Crippen molar-refractivity contribution in [3.63, 3.8) is 0 Å². The molecule has 0 saturated heterocycles. The van der Waals surface area contributed by atoms with Crippen molar-refractivity contribution in [1.29, 1.82) is 0 Å². The number of hydrogen-bond acceptors (Lipinski definition) is 2. The summed E-state index contributed by atoms with van der Waals surface area (Å²) in [6.45, 7) is 8.01. The Morgan fingerprint density at radius 2 is 1.67 bits per heavy atom. The first-order chi connectivity index (χ1) is 9.97. The summed E-state index contributed by atoms with van der Waals surface area (Å²) in [6.07, 6.45) is 0.658. The number of carbonyl (C=O) groups is 1. The highest BCUT2D eigenvalue weighted by Gasteiger charge is 2.19. The molecule has 0 amide bonds.